The molecule has 6 heteroatoms. The molecule has 4 aromatic rings. The van der Waals surface area contributed by atoms with Gasteiger partial charge < -0.3 is 14.8 Å². The maximum Gasteiger partial charge on any atom is 0.174 e. The summed E-state index contributed by atoms with van der Waals surface area (Å²) in [6.45, 7) is 2.14. The molecule has 1 aliphatic rings. The number of benzene rings is 2. The molecule has 4 nitrogen and oxygen atoms in total. The quantitative estimate of drug-likeness (QED) is 0.399. The van der Waals surface area contributed by atoms with Gasteiger partial charge >= 0.3 is 0 Å². The van der Waals surface area contributed by atoms with E-state index in [1.165, 1.54) is 11.6 Å². The largest absolute Gasteiger partial charge is 0.351 e. The number of hydrogen-bond acceptors (Lipinski definition) is 2. The summed E-state index contributed by atoms with van der Waals surface area (Å²) in [6, 6.07) is 24.7. The summed E-state index contributed by atoms with van der Waals surface area (Å²) >= 11 is 5.80. The Morgan fingerprint density at radius 1 is 0.969 bits per heavy atom. The van der Waals surface area contributed by atoms with Gasteiger partial charge in [0.2, 0.25) is 0 Å². The molecular formula is C26H23FN4S. The van der Waals surface area contributed by atoms with E-state index in [2.05, 4.69) is 46.4 Å². The van der Waals surface area contributed by atoms with Crippen molar-refractivity contribution in [3.05, 3.63) is 114 Å². The number of nitrogens with one attached hydrogen (secondary N) is 1. The van der Waals surface area contributed by atoms with Crippen molar-refractivity contribution >= 4 is 23.0 Å². The van der Waals surface area contributed by atoms with Gasteiger partial charge in [-0.1, -0.05) is 37.3 Å². The van der Waals surface area contributed by atoms with Crippen LogP contribution in [-0.2, 0) is 6.42 Å². The van der Waals surface area contributed by atoms with E-state index in [0.29, 0.717) is 10.8 Å². The molecule has 5 rings (SSSR count). The second-order valence-corrected chi connectivity index (χ2v) is 8.16. The van der Waals surface area contributed by atoms with Crippen LogP contribution in [0.3, 0.4) is 0 Å². The Bertz CT molecular complexity index is 1240. The Labute approximate surface area is 192 Å². The third-order valence-electron chi connectivity index (χ3n) is 5.92. The van der Waals surface area contributed by atoms with Gasteiger partial charge in [-0.15, -0.1) is 0 Å². The molecule has 0 amide bonds. The molecule has 0 spiro atoms. The van der Waals surface area contributed by atoms with Crippen molar-refractivity contribution in [1.82, 2.24) is 14.9 Å². The Hall–Kier alpha value is -3.51. The highest BCUT2D eigenvalue weighted by Gasteiger charge is 2.42. The number of anilines is 1. The van der Waals surface area contributed by atoms with Crippen molar-refractivity contribution in [2.24, 2.45) is 0 Å². The first-order valence-corrected chi connectivity index (χ1v) is 11.1. The zero-order valence-corrected chi connectivity index (χ0v) is 18.5. The Balaban J connectivity index is 1.66. The highest BCUT2D eigenvalue weighted by molar-refractivity contribution is 7.80. The minimum Gasteiger partial charge on any atom is -0.351 e. The number of thiocarbonyl (C=S) groups is 1. The lowest BCUT2D eigenvalue weighted by Crippen LogP contribution is -2.30. The molecule has 1 aliphatic heterocycles. The van der Waals surface area contributed by atoms with Crippen LogP contribution in [0.5, 0.6) is 0 Å². The van der Waals surface area contributed by atoms with Crippen molar-refractivity contribution in [1.29, 1.82) is 0 Å². The molecule has 0 aliphatic carbocycles. The van der Waals surface area contributed by atoms with Gasteiger partial charge in [0, 0.05) is 23.8 Å². The molecule has 3 heterocycles. The topological polar surface area (TPSA) is 33.1 Å². The van der Waals surface area contributed by atoms with Gasteiger partial charge in [-0.3, -0.25) is 4.98 Å². The van der Waals surface area contributed by atoms with E-state index in [4.69, 9.17) is 12.2 Å². The predicted octanol–water partition coefficient (Wildman–Crippen LogP) is 5.75. The van der Waals surface area contributed by atoms with E-state index < -0.39 is 0 Å². The van der Waals surface area contributed by atoms with Crippen LogP contribution >= 0.6 is 12.2 Å². The van der Waals surface area contributed by atoms with E-state index in [9.17, 15) is 4.39 Å². The van der Waals surface area contributed by atoms with Gasteiger partial charge in [0.25, 0.3) is 0 Å². The zero-order valence-electron chi connectivity index (χ0n) is 17.6. The first-order chi connectivity index (χ1) is 15.7. The van der Waals surface area contributed by atoms with Crippen LogP contribution in [0.2, 0.25) is 0 Å². The van der Waals surface area contributed by atoms with Crippen LogP contribution in [0.25, 0.3) is 5.69 Å². The second kappa shape index (κ2) is 8.55. The maximum absolute atomic E-state index is 14.7. The average molecular weight is 443 g/mol. The van der Waals surface area contributed by atoms with Gasteiger partial charge in [-0.05, 0) is 72.7 Å². The van der Waals surface area contributed by atoms with Crippen LogP contribution in [0.4, 0.5) is 10.1 Å². The summed E-state index contributed by atoms with van der Waals surface area (Å²) in [5.41, 5.74) is 4.57. The van der Waals surface area contributed by atoms with E-state index in [-0.39, 0.29) is 17.9 Å². The summed E-state index contributed by atoms with van der Waals surface area (Å²) in [5.74, 6) is -0.272. The number of pyridine rings is 1. The van der Waals surface area contributed by atoms with E-state index >= 15 is 0 Å². The Morgan fingerprint density at radius 2 is 1.75 bits per heavy atom. The van der Waals surface area contributed by atoms with Crippen molar-refractivity contribution in [2.45, 2.75) is 25.4 Å². The molecule has 1 saturated heterocycles. The molecule has 1 fully saturated rings. The fourth-order valence-corrected chi connectivity index (χ4v) is 4.67. The maximum atomic E-state index is 14.7. The molecule has 2 atom stereocenters. The first kappa shape index (κ1) is 20.4. The van der Waals surface area contributed by atoms with Crippen molar-refractivity contribution in [3.63, 3.8) is 0 Å². The minimum atomic E-state index is -0.272. The standard InChI is InChI=1S/C26H23FN4S/c1-2-18-12-14-19(15-13-18)31-25(24(29-26(31)32)21-9-5-6-16-28-21)23-11-7-17-30(23)22-10-4-3-8-20(22)27/h3-17,24-25H,2H2,1H3,(H,29,32)/t24-,25-/m1/s1. The number of aryl methyl sites for hydroxylation is 1. The molecule has 160 valence electrons. The van der Waals surface area contributed by atoms with Gasteiger partial charge in [0.05, 0.1) is 17.4 Å². The third kappa shape index (κ3) is 3.56. The summed E-state index contributed by atoms with van der Waals surface area (Å²) in [7, 11) is 0. The van der Waals surface area contributed by atoms with Crippen LogP contribution in [-0.4, -0.2) is 14.7 Å². The normalized spacial score (nSPS) is 18.1. The fraction of sp³-hybridized carbons (Fsp3) is 0.154. The Kier molecular flexibility index (Phi) is 5.45. The summed E-state index contributed by atoms with van der Waals surface area (Å²) in [4.78, 5) is 6.71. The minimum absolute atomic E-state index is 0.185. The fourth-order valence-electron chi connectivity index (χ4n) is 4.33. The summed E-state index contributed by atoms with van der Waals surface area (Å²) in [5, 5.41) is 4.09. The molecular weight excluding hydrogens is 419 g/mol. The highest BCUT2D eigenvalue weighted by Crippen LogP contribution is 2.42. The monoisotopic (exact) mass is 442 g/mol. The number of rotatable bonds is 5. The smallest absolute Gasteiger partial charge is 0.174 e. The van der Waals surface area contributed by atoms with Crippen LogP contribution < -0.4 is 10.2 Å². The van der Waals surface area contributed by atoms with Crippen LogP contribution in [0.1, 0.15) is 36.0 Å². The molecule has 0 saturated carbocycles. The number of hydrogen-bond donors (Lipinski definition) is 1. The SMILES string of the molecule is CCc1ccc(N2C(=S)N[C@H](c3ccccn3)[C@H]2c2cccn2-c2ccccc2F)cc1. The van der Waals surface area contributed by atoms with Gasteiger partial charge in [0.15, 0.2) is 5.11 Å². The molecule has 2 aromatic carbocycles. The zero-order chi connectivity index (χ0) is 22.1. The lowest BCUT2D eigenvalue weighted by atomic mass is 10.0. The third-order valence-corrected chi connectivity index (χ3v) is 6.23. The summed E-state index contributed by atoms with van der Waals surface area (Å²) < 4.78 is 16.6. The van der Waals surface area contributed by atoms with Crippen molar-refractivity contribution < 1.29 is 4.39 Å². The number of para-hydroxylation sites is 1. The predicted molar refractivity (Wildman–Crippen MR) is 129 cm³/mol. The lowest BCUT2D eigenvalue weighted by Gasteiger charge is -2.29. The lowest BCUT2D eigenvalue weighted by molar-refractivity contribution is 0.544. The van der Waals surface area contributed by atoms with E-state index in [1.807, 2.05) is 47.2 Å². The molecule has 32 heavy (non-hydrogen) atoms. The second-order valence-electron chi connectivity index (χ2n) is 7.77. The average Bonchev–Trinajstić information content (AvgIpc) is 3.44. The van der Waals surface area contributed by atoms with Gasteiger partial charge in [-0.2, -0.15) is 0 Å². The molecule has 0 bridgehead atoms. The Morgan fingerprint density at radius 3 is 2.47 bits per heavy atom. The number of halogens is 1. The van der Waals surface area contributed by atoms with Gasteiger partial charge in [-0.25, -0.2) is 4.39 Å². The molecule has 0 unspecified atom stereocenters. The summed E-state index contributed by atoms with van der Waals surface area (Å²) in [6.07, 6.45) is 4.65. The molecule has 1 N–H and O–H groups in total. The molecule has 2 aromatic heterocycles. The van der Waals surface area contributed by atoms with Crippen molar-refractivity contribution in [3.8, 4) is 5.69 Å². The number of nitrogens with zero attached hydrogens (tertiary/aromatic N) is 3. The number of aromatic nitrogens is 2. The van der Waals surface area contributed by atoms with Crippen molar-refractivity contribution in [2.75, 3.05) is 4.90 Å². The van der Waals surface area contributed by atoms with Gasteiger partial charge in [0.1, 0.15) is 11.9 Å². The molecule has 0 radical (unpaired) electrons. The van der Waals surface area contributed by atoms with E-state index in [1.54, 1.807) is 18.3 Å². The van der Waals surface area contributed by atoms with E-state index in [0.717, 1.165) is 23.5 Å². The highest BCUT2D eigenvalue weighted by atomic mass is 32.1. The van der Waals surface area contributed by atoms with Crippen LogP contribution in [0, 0.1) is 5.82 Å². The van der Waals surface area contributed by atoms with Crippen LogP contribution in [0.15, 0.2) is 91.3 Å². The first-order valence-electron chi connectivity index (χ1n) is 10.7.